The number of hydrogen-bond acceptors (Lipinski definition) is 0. The summed E-state index contributed by atoms with van der Waals surface area (Å²) in [7, 11) is -6.58. The highest BCUT2D eigenvalue weighted by Crippen LogP contribution is 2.58. The predicted octanol–water partition coefficient (Wildman–Crippen LogP) is 5.99. The van der Waals surface area contributed by atoms with Gasteiger partial charge in [-0.15, -0.1) is 0 Å². The van der Waals surface area contributed by atoms with Gasteiger partial charge in [0.1, 0.15) is 0 Å². The van der Waals surface area contributed by atoms with Crippen LogP contribution in [0.15, 0.2) is 24.3 Å². The van der Waals surface area contributed by atoms with Crippen molar-refractivity contribution in [1.29, 1.82) is 0 Å². The second-order valence-electron chi connectivity index (χ2n) is 7.42. The average Bonchev–Trinajstić information content (AvgIpc) is 2.23. The first-order valence-electron chi connectivity index (χ1n) is 7.50. The lowest BCUT2D eigenvalue weighted by atomic mass is 10.2. The minimum absolute atomic E-state index is 0.399. The summed E-state index contributed by atoms with van der Waals surface area (Å²) in [5.74, 6) is 0. The average molecular weight is 338 g/mol. The molecule has 0 unspecified atom stereocenters. The summed E-state index contributed by atoms with van der Waals surface area (Å²) in [4.78, 5) is 0. The van der Waals surface area contributed by atoms with E-state index >= 15 is 0 Å². The Labute approximate surface area is 133 Å². The first-order chi connectivity index (χ1) is 9.66. The predicted molar refractivity (Wildman–Crippen MR) is 93.5 cm³/mol. The van der Waals surface area contributed by atoms with Gasteiger partial charge in [0.05, 0.1) is 15.6 Å². The molecular formula is C16H28BF4P. The van der Waals surface area contributed by atoms with E-state index in [0.717, 1.165) is 6.42 Å². The van der Waals surface area contributed by atoms with Gasteiger partial charge in [0.25, 0.3) is 0 Å². The van der Waals surface area contributed by atoms with Crippen LogP contribution in [0.5, 0.6) is 0 Å². The maximum Gasteiger partial charge on any atom is 0.673 e. The van der Waals surface area contributed by atoms with Crippen LogP contribution in [0.1, 0.15) is 54.0 Å². The number of benzene rings is 1. The Morgan fingerprint density at radius 3 is 1.36 bits per heavy atom. The summed E-state index contributed by atoms with van der Waals surface area (Å²) in [6.45, 7) is 16.6. The fraction of sp³-hybridized carbons (Fsp3) is 0.625. The minimum Gasteiger partial charge on any atom is -0.418 e. The highest BCUT2D eigenvalue weighted by Gasteiger charge is 2.43. The Morgan fingerprint density at radius 1 is 0.818 bits per heavy atom. The van der Waals surface area contributed by atoms with Gasteiger partial charge in [-0.3, -0.25) is 0 Å². The Hall–Kier alpha value is -0.565. The molecule has 1 aromatic carbocycles. The summed E-state index contributed by atoms with van der Waals surface area (Å²) in [6, 6.07) is 9.34. The van der Waals surface area contributed by atoms with E-state index in [2.05, 4.69) is 72.7 Å². The molecule has 0 amide bonds. The number of rotatable bonds is 2. The number of halogens is 4. The molecule has 6 heteroatoms. The fourth-order valence-corrected chi connectivity index (χ4v) is 7.38. The molecule has 0 heterocycles. The lowest BCUT2D eigenvalue weighted by Gasteiger charge is -2.33. The summed E-state index contributed by atoms with van der Waals surface area (Å²) in [6.07, 6.45) is 1.13. The number of hydrogen-bond donors (Lipinski definition) is 0. The molecule has 0 saturated heterocycles. The zero-order valence-electron chi connectivity index (χ0n) is 14.6. The highest BCUT2D eigenvalue weighted by atomic mass is 31.1. The molecule has 0 aromatic heterocycles. The molecule has 1 rings (SSSR count). The van der Waals surface area contributed by atoms with Gasteiger partial charge < -0.3 is 17.3 Å². The summed E-state index contributed by atoms with van der Waals surface area (Å²) in [5, 5.41) is 2.38. The first kappa shape index (κ1) is 21.4. The van der Waals surface area contributed by atoms with E-state index in [4.69, 9.17) is 0 Å². The van der Waals surface area contributed by atoms with Gasteiger partial charge in [0.2, 0.25) is 0 Å². The maximum atomic E-state index is 9.75. The lowest BCUT2D eigenvalue weighted by molar-refractivity contribution is 0.368. The molecule has 0 radical (unpaired) electrons. The van der Waals surface area contributed by atoms with Crippen molar-refractivity contribution in [2.24, 2.45) is 0 Å². The molecule has 0 aliphatic rings. The Bertz CT molecular complexity index is 421. The zero-order chi connectivity index (χ0) is 17.8. The second kappa shape index (κ2) is 7.81. The van der Waals surface area contributed by atoms with E-state index in [-0.39, 0.29) is 0 Å². The summed E-state index contributed by atoms with van der Waals surface area (Å²) < 4.78 is 39.0. The quantitative estimate of drug-likeness (QED) is 0.353. The molecule has 0 spiro atoms. The smallest absolute Gasteiger partial charge is 0.418 e. The number of aryl methyl sites for hydroxylation is 1. The standard InChI is InChI=1S/C16H27P.BF4/c1-8-13-9-11-14(12-10-13)17(15(2,3)4)16(5,6)7;2-1(3,4)5/h9-12H,8H2,1-7H3;/q;-1/p+1. The van der Waals surface area contributed by atoms with Gasteiger partial charge in [0, 0.05) is 7.92 Å². The van der Waals surface area contributed by atoms with Gasteiger partial charge >= 0.3 is 7.25 Å². The van der Waals surface area contributed by atoms with E-state index in [9.17, 15) is 17.3 Å². The van der Waals surface area contributed by atoms with Crippen LogP contribution >= 0.6 is 7.92 Å². The van der Waals surface area contributed by atoms with Crippen molar-refractivity contribution >= 4 is 20.5 Å². The summed E-state index contributed by atoms with van der Waals surface area (Å²) in [5.41, 5.74) is 1.44. The largest absolute Gasteiger partial charge is 0.673 e. The SMILES string of the molecule is CCc1ccc([PH+](C(C)(C)C)C(C)(C)C)cc1.F[B-](F)(F)F. The van der Waals surface area contributed by atoms with Crippen LogP contribution in [-0.2, 0) is 6.42 Å². The van der Waals surface area contributed by atoms with Crippen LogP contribution in [0.25, 0.3) is 0 Å². The van der Waals surface area contributed by atoms with Crippen LogP contribution < -0.4 is 5.30 Å². The highest BCUT2D eigenvalue weighted by molar-refractivity contribution is 7.68. The molecule has 0 bridgehead atoms. The molecule has 0 N–H and O–H groups in total. The van der Waals surface area contributed by atoms with Crippen molar-refractivity contribution in [3.8, 4) is 0 Å². The molecule has 0 aliphatic heterocycles. The van der Waals surface area contributed by atoms with Crippen LogP contribution in [0.4, 0.5) is 17.3 Å². The first-order valence-corrected chi connectivity index (χ1v) is 9.00. The van der Waals surface area contributed by atoms with Gasteiger partial charge in [-0.1, -0.05) is 19.1 Å². The van der Waals surface area contributed by atoms with Gasteiger partial charge in [0.15, 0.2) is 0 Å². The van der Waals surface area contributed by atoms with Gasteiger partial charge in [-0.25, -0.2) is 0 Å². The van der Waals surface area contributed by atoms with E-state index in [1.165, 1.54) is 5.56 Å². The molecule has 0 saturated carbocycles. The Morgan fingerprint density at radius 2 is 1.14 bits per heavy atom. The van der Waals surface area contributed by atoms with Crippen molar-refractivity contribution in [3.05, 3.63) is 29.8 Å². The van der Waals surface area contributed by atoms with Crippen LogP contribution in [-0.4, -0.2) is 17.6 Å². The maximum absolute atomic E-state index is 9.75. The molecular weight excluding hydrogens is 310 g/mol. The molecule has 128 valence electrons. The van der Waals surface area contributed by atoms with E-state index in [0.29, 0.717) is 10.3 Å². The fourth-order valence-electron chi connectivity index (χ4n) is 2.90. The summed E-state index contributed by atoms with van der Waals surface area (Å²) >= 11 is 0. The molecule has 0 aliphatic carbocycles. The second-order valence-corrected chi connectivity index (χ2v) is 11.7. The van der Waals surface area contributed by atoms with Gasteiger partial charge in [-0.2, -0.15) is 0 Å². The normalized spacial score (nSPS) is 12.9. The van der Waals surface area contributed by atoms with E-state index < -0.39 is 15.2 Å². The third kappa shape index (κ3) is 8.78. The van der Waals surface area contributed by atoms with Crippen molar-refractivity contribution in [2.45, 2.75) is 65.2 Å². The third-order valence-corrected chi connectivity index (χ3v) is 7.06. The van der Waals surface area contributed by atoms with E-state index in [1.807, 2.05) is 0 Å². The zero-order valence-corrected chi connectivity index (χ0v) is 15.6. The van der Waals surface area contributed by atoms with Crippen molar-refractivity contribution < 1.29 is 17.3 Å². The molecule has 1 aromatic rings. The van der Waals surface area contributed by atoms with E-state index in [1.54, 1.807) is 5.30 Å². The Balaban J connectivity index is 0.000000763. The molecule has 0 fully saturated rings. The van der Waals surface area contributed by atoms with Crippen molar-refractivity contribution in [2.75, 3.05) is 0 Å². The minimum atomic E-state index is -6.00. The van der Waals surface area contributed by atoms with Crippen LogP contribution in [0.3, 0.4) is 0 Å². The lowest BCUT2D eigenvalue weighted by Crippen LogP contribution is -2.31. The topological polar surface area (TPSA) is 0 Å². The molecule has 0 nitrogen and oxygen atoms in total. The third-order valence-electron chi connectivity index (χ3n) is 3.15. The molecule has 0 atom stereocenters. The van der Waals surface area contributed by atoms with Crippen LogP contribution in [0, 0.1) is 0 Å². The monoisotopic (exact) mass is 338 g/mol. The molecule has 22 heavy (non-hydrogen) atoms. The van der Waals surface area contributed by atoms with Gasteiger partial charge in [-0.05, 0) is 65.7 Å². The van der Waals surface area contributed by atoms with Crippen molar-refractivity contribution in [3.63, 3.8) is 0 Å². The van der Waals surface area contributed by atoms with Crippen molar-refractivity contribution in [1.82, 2.24) is 0 Å². The van der Waals surface area contributed by atoms with Crippen LogP contribution in [0.2, 0.25) is 0 Å². The Kier molecular flexibility index (Phi) is 7.61.